The molecule has 0 bridgehead atoms. The maximum Gasteiger partial charge on any atom is 0.131 e. The minimum Gasteiger partial charge on any atom is -0.311 e. The molecule has 0 amide bonds. The molecule has 0 aliphatic heterocycles. The van der Waals surface area contributed by atoms with E-state index in [0.29, 0.717) is 11.8 Å². The van der Waals surface area contributed by atoms with Crippen LogP contribution in [0.1, 0.15) is 70.3 Å². The molecule has 1 fully saturated rings. The van der Waals surface area contributed by atoms with Gasteiger partial charge in [-0.2, -0.15) is 0 Å². The molecule has 1 heterocycles. The van der Waals surface area contributed by atoms with Crippen molar-refractivity contribution in [2.24, 2.45) is 11.8 Å². The maximum atomic E-state index is 4.77. The Bertz CT molecular complexity index is 395. The summed E-state index contributed by atoms with van der Waals surface area (Å²) in [5.41, 5.74) is 1.13. The van der Waals surface area contributed by atoms with Crippen LogP contribution in [0.25, 0.3) is 0 Å². The Hall–Kier alpha value is -0.960. The fourth-order valence-electron chi connectivity index (χ4n) is 3.03. The van der Waals surface area contributed by atoms with Gasteiger partial charge in [-0.3, -0.25) is 0 Å². The Labute approximate surface area is 123 Å². The summed E-state index contributed by atoms with van der Waals surface area (Å²) >= 11 is 0. The van der Waals surface area contributed by atoms with Gasteiger partial charge in [0.05, 0.1) is 5.69 Å². The van der Waals surface area contributed by atoms with Crippen LogP contribution < -0.4 is 5.32 Å². The molecule has 3 heteroatoms. The summed E-state index contributed by atoms with van der Waals surface area (Å²) in [6.07, 6.45) is 8.48. The van der Waals surface area contributed by atoms with E-state index in [1.54, 1.807) is 0 Å². The fourth-order valence-corrected chi connectivity index (χ4v) is 3.03. The van der Waals surface area contributed by atoms with Gasteiger partial charge in [0.1, 0.15) is 5.82 Å². The Kier molecular flexibility index (Phi) is 5.96. The van der Waals surface area contributed by atoms with E-state index in [1.165, 1.54) is 32.1 Å². The summed E-state index contributed by atoms with van der Waals surface area (Å²) in [5.74, 6) is 3.27. The van der Waals surface area contributed by atoms with Crippen LogP contribution in [-0.4, -0.2) is 16.5 Å². The summed E-state index contributed by atoms with van der Waals surface area (Å²) < 4.78 is 0. The fraction of sp³-hybridized carbons (Fsp3) is 0.765. The van der Waals surface area contributed by atoms with Crippen LogP contribution >= 0.6 is 0 Å². The largest absolute Gasteiger partial charge is 0.311 e. The van der Waals surface area contributed by atoms with E-state index in [4.69, 9.17) is 4.98 Å². The Balaban J connectivity index is 1.89. The van der Waals surface area contributed by atoms with Crippen molar-refractivity contribution in [3.05, 3.63) is 23.8 Å². The van der Waals surface area contributed by atoms with Crippen LogP contribution in [0.4, 0.5) is 0 Å². The molecule has 0 unspecified atom stereocenters. The minimum atomic E-state index is 0.586. The van der Waals surface area contributed by atoms with Crippen molar-refractivity contribution in [1.82, 2.24) is 15.3 Å². The second-order valence-electron chi connectivity index (χ2n) is 6.56. The van der Waals surface area contributed by atoms with Gasteiger partial charge in [-0.15, -0.1) is 0 Å². The van der Waals surface area contributed by atoms with Gasteiger partial charge < -0.3 is 5.32 Å². The summed E-state index contributed by atoms with van der Waals surface area (Å²) in [6, 6.07) is 2.04. The van der Waals surface area contributed by atoms with Crippen molar-refractivity contribution < 1.29 is 0 Å². The van der Waals surface area contributed by atoms with Crippen molar-refractivity contribution in [1.29, 1.82) is 0 Å². The summed E-state index contributed by atoms with van der Waals surface area (Å²) in [6.45, 7) is 8.66. The maximum absolute atomic E-state index is 4.77. The predicted octanol–water partition coefficient (Wildman–Crippen LogP) is 3.91. The monoisotopic (exact) mass is 275 g/mol. The molecule has 1 aromatic rings. The Morgan fingerprint density at radius 2 is 2.00 bits per heavy atom. The van der Waals surface area contributed by atoms with Gasteiger partial charge in [0, 0.05) is 18.7 Å². The van der Waals surface area contributed by atoms with E-state index in [1.807, 2.05) is 12.3 Å². The molecule has 0 saturated heterocycles. The lowest BCUT2D eigenvalue weighted by molar-refractivity contribution is 0.311. The zero-order valence-corrected chi connectivity index (χ0v) is 13.2. The molecule has 1 aromatic heterocycles. The minimum absolute atomic E-state index is 0.586. The number of nitrogens with one attached hydrogen (secondary N) is 1. The standard InChI is InChI=1S/C17H29N3/c1-4-14-5-7-15(8-6-14)17-19-10-9-16(20-17)12-18-11-13(2)3/h9-10,13-15,18H,4-8,11-12H2,1-3H3. The number of aromatic nitrogens is 2. The van der Waals surface area contributed by atoms with Crippen LogP contribution in [0.2, 0.25) is 0 Å². The molecule has 2 rings (SSSR count). The quantitative estimate of drug-likeness (QED) is 0.855. The molecule has 0 aromatic carbocycles. The summed E-state index contributed by atoms with van der Waals surface area (Å²) in [4.78, 5) is 9.29. The highest BCUT2D eigenvalue weighted by molar-refractivity contribution is 5.06. The van der Waals surface area contributed by atoms with Crippen LogP contribution in [0.3, 0.4) is 0 Å². The van der Waals surface area contributed by atoms with Gasteiger partial charge in [-0.05, 0) is 50.1 Å². The predicted molar refractivity (Wildman–Crippen MR) is 83.6 cm³/mol. The average molecular weight is 275 g/mol. The SMILES string of the molecule is CCC1CCC(c2nccc(CNCC(C)C)n2)CC1. The van der Waals surface area contributed by atoms with E-state index in [2.05, 4.69) is 31.1 Å². The molecule has 0 spiro atoms. The van der Waals surface area contributed by atoms with Gasteiger partial charge in [0.2, 0.25) is 0 Å². The molecule has 0 radical (unpaired) electrons. The molecule has 3 nitrogen and oxygen atoms in total. The first-order chi connectivity index (χ1) is 9.69. The van der Waals surface area contributed by atoms with Crippen molar-refractivity contribution in [3.8, 4) is 0 Å². The van der Waals surface area contributed by atoms with E-state index >= 15 is 0 Å². The highest BCUT2D eigenvalue weighted by atomic mass is 14.9. The number of hydrogen-bond donors (Lipinski definition) is 1. The molecule has 1 aliphatic carbocycles. The average Bonchev–Trinajstić information content (AvgIpc) is 2.47. The third kappa shape index (κ3) is 4.55. The molecule has 0 atom stereocenters. The van der Waals surface area contributed by atoms with Gasteiger partial charge >= 0.3 is 0 Å². The first-order valence-corrected chi connectivity index (χ1v) is 8.21. The first-order valence-electron chi connectivity index (χ1n) is 8.21. The lowest BCUT2D eigenvalue weighted by atomic mass is 9.80. The third-order valence-electron chi connectivity index (χ3n) is 4.38. The first kappa shape index (κ1) is 15.4. The van der Waals surface area contributed by atoms with Crippen molar-refractivity contribution in [2.75, 3.05) is 6.54 Å². The third-order valence-corrected chi connectivity index (χ3v) is 4.38. The Morgan fingerprint density at radius 3 is 2.65 bits per heavy atom. The number of rotatable bonds is 6. The highest BCUT2D eigenvalue weighted by Crippen LogP contribution is 2.35. The zero-order chi connectivity index (χ0) is 14.4. The second-order valence-corrected chi connectivity index (χ2v) is 6.56. The normalized spacial score (nSPS) is 23.2. The van der Waals surface area contributed by atoms with Crippen molar-refractivity contribution in [2.45, 2.75) is 65.3 Å². The van der Waals surface area contributed by atoms with E-state index in [0.717, 1.165) is 30.5 Å². The van der Waals surface area contributed by atoms with Crippen LogP contribution in [-0.2, 0) is 6.54 Å². The van der Waals surface area contributed by atoms with Crippen LogP contribution in [0.15, 0.2) is 12.3 Å². The van der Waals surface area contributed by atoms with Gasteiger partial charge in [-0.25, -0.2) is 9.97 Å². The van der Waals surface area contributed by atoms with Crippen LogP contribution in [0.5, 0.6) is 0 Å². The second kappa shape index (κ2) is 7.72. The van der Waals surface area contributed by atoms with E-state index < -0.39 is 0 Å². The lowest BCUT2D eigenvalue weighted by Gasteiger charge is -2.26. The van der Waals surface area contributed by atoms with E-state index in [-0.39, 0.29) is 0 Å². The molecular weight excluding hydrogens is 246 g/mol. The van der Waals surface area contributed by atoms with Crippen molar-refractivity contribution in [3.63, 3.8) is 0 Å². The van der Waals surface area contributed by atoms with Gasteiger partial charge in [-0.1, -0.05) is 27.2 Å². The Morgan fingerprint density at radius 1 is 1.25 bits per heavy atom. The van der Waals surface area contributed by atoms with E-state index in [9.17, 15) is 0 Å². The van der Waals surface area contributed by atoms with Crippen LogP contribution in [0, 0.1) is 11.8 Å². The summed E-state index contributed by atoms with van der Waals surface area (Å²) in [5, 5.41) is 3.46. The molecule has 20 heavy (non-hydrogen) atoms. The molecule has 1 aliphatic rings. The van der Waals surface area contributed by atoms with Gasteiger partial charge in [0.15, 0.2) is 0 Å². The topological polar surface area (TPSA) is 37.8 Å². The molecular formula is C17H29N3. The molecule has 1 N–H and O–H groups in total. The zero-order valence-electron chi connectivity index (χ0n) is 13.2. The molecule has 112 valence electrons. The summed E-state index contributed by atoms with van der Waals surface area (Å²) in [7, 11) is 0. The van der Waals surface area contributed by atoms with Gasteiger partial charge in [0.25, 0.3) is 0 Å². The smallest absolute Gasteiger partial charge is 0.131 e. The number of hydrogen-bond acceptors (Lipinski definition) is 3. The highest BCUT2D eigenvalue weighted by Gasteiger charge is 2.23. The lowest BCUT2D eigenvalue weighted by Crippen LogP contribution is -2.21. The molecule has 1 saturated carbocycles. The van der Waals surface area contributed by atoms with Crippen molar-refractivity contribution >= 4 is 0 Å². The number of nitrogens with zero attached hydrogens (tertiary/aromatic N) is 2.